The summed E-state index contributed by atoms with van der Waals surface area (Å²) < 4.78 is 0. The Morgan fingerprint density at radius 3 is 2.53 bits per heavy atom. The first kappa shape index (κ1) is 9.86. The molecule has 0 amide bonds. The smallest absolute Gasteiger partial charge is 0.00631 e. The van der Waals surface area contributed by atoms with Crippen molar-refractivity contribution in [1.29, 1.82) is 0 Å². The summed E-state index contributed by atoms with van der Waals surface area (Å²) in [5.41, 5.74) is 5.93. The van der Waals surface area contributed by atoms with E-state index in [1.807, 2.05) is 0 Å². The predicted molar refractivity (Wildman–Crippen MR) is 62.5 cm³/mol. The molecular weight excluding hydrogens is 184 g/mol. The summed E-state index contributed by atoms with van der Waals surface area (Å²) in [6, 6.07) is 0.473. The maximum atomic E-state index is 5.93. The molecule has 1 unspecified atom stereocenters. The minimum absolute atomic E-state index is 0.473. The zero-order chi connectivity index (χ0) is 10.3. The van der Waals surface area contributed by atoms with Gasteiger partial charge in [0, 0.05) is 12.6 Å². The summed E-state index contributed by atoms with van der Waals surface area (Å²) in [4.78, 5) is 2.64. The van der Waals surface area contributed by atoms with E-state index in [9.17, 15) is 0 Å². The average molecular weight is 206 g/mol. The van der Waals surface area contributed by atoms with E-state index in [0.717, 1.165) is 17.8 Å². The Labute approximate surface area is 92.5 Å². The summed E-state index contributed by atoms with van der Waals surface area (Å²) >= 11 is 0. The second-order valence-electron chi connectivity index (χ2n) is 5.68. The van der Waals surface area contributed by atoms with E-state index in [1.54, 1.807) is 0 Å². The van der Waals surface area contributed by atoms with Crippen LogP contribution in [0.3, 0.4) is 0 Å². The highest BCUT2D eigenvalue weighted by molar-refractivity contribution is 5.10. The van der Waals surface area contributed by atoms with Crippen LogP contribution in [0.25, 0.3) is 0 Å². The standard InChI is InChI=1S/C13H22N2/c14-13-3-5-15(6-4-13)9-12-8-10-1-2-11(12)7-10/h1-2,10-13H,3-9,14H2/t10-,11+,12?/m1/s1. The quantitative estimate of drug-likeness (QED) is 0.696. The summed E-state index contributed by atoms with van der Waals surface area (Å²) in [6.45, 7) is 3.80. The Balaban J connectivity index is 1.51. The molecule has 3 rings (SSSR count). The number of piperidine rings is 1. The lowest BCUT2D eigenvalue weighted by atomic mass is 9.92. The van der Waals surface area contributed by atoms with Gasteiger partial charge in [-0.05, 0) is 56.5 Å². The lowest BCUT2D eigenvalue weighted by Gasteiger charge is -2.33. The molecule has 2 nitrogen and oxygen atoms in total. The Morgan fingerprint density at radius 2 is 1.93 bits per heavy atom. The third kappa shape index (κ3) is 1.98. The molecule has 2 N–H and O–H groups in total. The third-order valence-corrected chi connectivity index (χ3v) is 4.54. The van der Waals surface area contributed by atoms with E-state index in [2.05, 4.69) is 17.1 Å². The number of nitrogens with two attached hydrogens (primary N) is 1. The molecule has 0 aromatic carbocycles. The van der Waals surface area contributed by atoms with Gasteiger partial charge in [-0.2, -0.15) is 0 Å². The van der Waals surface area contributed by atoms with Gasteiger partial charge in [0.25, 0.3) is 0 Å². The van der Waals surface area contributed by atoms with Gasteiger partial charge in [-0.15, -0.1) is 0 Å². The fourth-order valence-corrected chi connectivity index (χ4v) is 3.57. The molecule has 15 heavy (non-hydrogen) atoms. The largest absolute Gasteiger partial charge is 0.328 e. The molecule has 1 heterocycles. The van der Waals surface area contributed by atoms with Crippen molar-refractivity contribution >= 4 is 0 Å². The molecule has 1 saturated carbocycles. The van der Waals surface area contributed by atoms with E-state index < -0.39 is 0 Å². The number of hydrogen-bond donors (Lipinski definition) is 1. The summed E-state index contributed by atoms with van der Waals surface area (Å²) in [5.74, 6) is 2.78. The SMILES string of the molecule is NC1CCN(CC2C[C@@H]3C=C[C@H]2C3)CC1. The first-order chi connectivity index (χ1) is 7.31. The van der Waals surface area contributed by atoms with Crippen LogP contribution in [0.4, 0.5) is 0 Å². The fourth-order valence-electron chi connectivity index (χ4n) is 3.57. The van der Waals surface area contributed by atoms with Crippen LogP contribution in [-0.4, -0.2) is 30.6 Å². The number of allylic oxidation sites excluding steroid dienone is 2. The van der Waals surface area contributed by atoms with Gasteiger partial charge in [0.15, 0.2) is 0 Å². The van der Waals surface area contributed by atoms with Crippen LogP contribution >= 0.6 is 0 Å². The predicted octanol–water partition coefficient (Wildman–Crippen LogP) is 1.62. The number of rotatable bonds is 2. The van der Waals surface area contributed by atoms with Crippen LogP contribution in [0.5, 0.6) is 0 Å². The lowest BCUT2D eigenvalue weighted by molar-refractivity contribution is 0.173. The zero-order valence-corrected chi connectivity index (χ0v) is 9.44. The Kier molecular flexibility index (Phi) is 2.57. The van der Waals surface area contributed by atoms with Crippen LogP contribution in [-0.2, 0) is 0 Å². The molecule has 3 aliphatic rings. The van der Waals surface area contributed by atoms with E-state index in [-0.39, 0.29) is 0 Å². The van der Waals surface area contributed by atoms with Gasteiger partial charge in [0.2, 0.25) is 0 Å². The van der Waals surface area contributed by atoms with Crippen molar-refractivity contribution in [3.8, 4) is 0 Å². The highest BCUT2D eigenvalue weighted by Crippen LogP contribution is 2.43. The van der Waals surface area contributed by atoms with E-state index in [0.29, 0.717) is 6.04 Å². The number of nitrogens with zero attached hydrogens (tertiary/aromatic N) is 1. The van der Waals surface area contributed by atoms with Crippen molar-refractivity contribution in [2.24, 2.45) is 23.5 Å². The van der Waals surface area contributed by atoms with Gasteiger partial charge in [-0.1, -0.05) is 12.2 Å². The maximum absolute atomic E-state index is 5.93. The zero-order valence-electron chi connectivity index (χ0n) is 9.44. The summed E-state index contributed by atoms with van der Waals surface area (Å²) in [7, 11) is 0. The number of likely N-dealkylation sites (tertiary alicyclic amines) is 1. The Hall–Kier alpha value is -0.340. The molecule has 84 valence electrons. The molecule has 1 aliphatic heterocycles. The molecule has 0 radical (unpaired) electrons. The summed E-state index contributed by atoms with van der Waals surface area (Å²) in [5, 5.41) is 0. The molecule has 2 bridgehead atoms. The van der Waals surface area contributed by atoms with E-state index in [1.165, 1.54) is 45.3 Å². The first-order valence-electron chi connectivity index (χ1n) is 6.47. The maximum Gasteiger partial charge on any atom is 0.00631 e. The highest BCUT2D eigenvalue weighted by Gasteiger charge is 2.36. The minimum atomic E-state index is 0.473. The average Bonchev–Trinajstić information content (AvgIpc) is 2.83. The Morgan fingerprint density at radius 1 is 1.13 bits per heavy atom. The van der Waals surface area contributed by atoms with E-state index >= 15 is 0 Å². The molecule has 0 spiro atoms. The topological polar surface area (TPSA) is 29.3 Å². The van der Waals surface area contributed by atoms with Crippen molar-refractivity contribution in [2.75, 3.05) is 19.6 Å². The van der Waals surface area contributed by atoms with Crippen LogP contribution in [0.15, 0.2) is 12.2 Å². The van der Waals surface area contributed by atoms with Gasteiger partial charge < -0.3 is 10.6 Å². The van der Waals surface area contributed by atoms with Crippen molar-refractivity contribution in [2.45, 2.75) is 31.7 Å². The monoisotopic (exact) mass is 206 g/mol. The van der Waals surface area contributed by atoms with Crippen molar-refractivity contribution in [1.82, 2.24) is 4.90 Å². The number of hydrogen-bond acceptors (Lipinski definition) is 2. The molecule has 0 aromatic heterocycles. The van der Waals surface area contributed by atoms with E-state index in [4.69, 9.17) is 5.73 Å². The normalized spacial score (nSPS) is 41.5. The molecule has 1 saturated heterocycles. The van der Waals surface area contributed by atoms with Crippen LogP contribution < -0.4 is 5.73 Å². The summed E-state index contributed by atoms with van der Waals surface area (Å²) in [6.07, 6.45) is 10.2. The van der Waals surface area contributed by atoms with Gasteiger partial charge in [0.05, 0.1) is 0 Å². The van der Waals surface area contributed by atoms with Crippen molar-refractivity contribution < 1.29 is 0 Å². The third-order valence-electron chi connectivity index (χ3n) is 4.54. The van der Waals surface area contributed by atoms with Crippen molar-refractivity contribution in [3.63, 3.8) is 0 Å². The van der Waals surface area contributed by atoms with Gasteiger partial charge in [-0.3, -0.25) is 0 Å². The lowest BCUT2D eigenvalue weighted by Crippen LogP contribution is -2.42. The van der Waals surface area contributed by atoms with Gasteiger partial charge in [0.1, 0.15) is 0 Å². The Bertz CT molecular complexity index is 253. The second kappa shape index (κ2) is 3.91. The molecule has 2 heteroatoms. The second-order valence-corrected chi connectivity index (χ2v) is 5.68. The highest BCUT2D eigenvalue weighted by atomic mass is 15.1. The van der Waals surface area contributed by atoms with Crippen LogP contribution in [0, 0.1) is 17.8 Å². The van der Waals surface area contributed by atoms with Gasteiger partial charge in [-0.25, -0.2) is 0 Å². The molecule has 0 aromatic rings. The van der Waals surface area contributed by atoms with Crippen LogP contribution in [0.1, 0.15) is 25.7 Å². The molecule has 2 aliphatic carbocycles. The molecule has 3 atom stereocenters. The number of fused-ring (bicyclic) bond motifs is 2. The minimum Gasteiger partial charge on any atom is -0.328 e. The first-order valence-corrected chi connectivity index (χ1v) is 6.47. The van der Waals surface area contributed by atoms with Crippen molar-refractivity contribution in [3.05, 3.63) is 12.2 Å². The van der Waals surface area contributed by atoms with Gasteiger partial charge >= 0.3 is 0 Å². The fraction of sp³-hybridized carbons (Fsp3) is 0.846. The molecule has 2 fully saturated rings. The molecular formula is C13H22N2. The van der Waals surface area contributed by atoms with Crippen LogP contribution in [0.2, 0.25) is 0 Å².